The van der Waals surface area contributed by atoms with Crippen molar-refractivity contribution in [1.29, 1.82) is 0 Å². The highest BCUT2D eigenvalue weighted by Gasteiger charge is 2.34. The minimum absolute atomic E-state index is 0.0497. The summed E-state index contributed by atoms with van der Waals surface area (Å²) in [6.45, 7) is -0.0145. The molecule has 1 saturated heterocycles. The van der Waals surface area contributed by atoms with E-state index in [2.05, 4.69) is 21.2 Å². The van der Waals surface area contributed by atoms with E-state index >= 15 is 0 Å². The van der Waals surface area contributed by atoms with Gasteiger partial charge in [-0.15, -0.1) is 0 Å². The third-order valence-corrected chi connectivity index (χ3v) is 5.27. The van der Waals surface area contributed by atoms with Crippen LogP contribution in [0.5, 0.6) is 5.75 Å². The molecule has 3 rings (SSSR count). The second kappa shape index (κ2) is 9.71. The lowest BCUT2D eigenvalue weighted by molar-refractivity contribution is -0.125. The first-order valence-electron chi connectivity index (χ1n) is 8.58. The highest BCUT2D eigenvalue weighted by molar-refractivity contribution is 9.10. The molecular formula is C20H16BrFN2O4S. The number of nitrogens with one attached hydrogen (secondary N) is 1. The van der Waals surface area contributed by atoms with Gasteiger partial charge in [0.15, 0.2) is 6.61 Å². The molecule has 1 heterocycles. The Kier molecular flexibility index (Phi) is 7.05. The van der Waals surface area contributed by atoms with Gasteiger partial charge in [0.05, 0.1) is 4.91 Å². The summed E-state index contributed by atoms with van der Waals surface area (Å²) in [7, 11) is 0. The van der Waals surface area contributed by atoms with Crippen molar-refractivity contribution in [2.45, 2.75) is 0 Å². The van der Waals surface area contributed by atoms with E-state index < -0.39 is 11.1 Å². The van der Waals surface area contributed by atoms with Gasteiger partial charge in [-0.2, -0.15) is 0 Å². The normalized spacial score (nSPS) is 15.1. The summed E-state index contributed by atoms with van der Waals surface area (Å²) in [4.78, 5) is 37.7. The van der Waals surface area contributed by atoms with Gasteiger partial charge in [-0.3, -0.25) is 19.3 Å². The lowest BCUT2D eigenvalue weighted by Crippen LogP contribution is -2.38. The number of hydrogen-bond donors (Lipinski definition) is 1. The molecule has 0 bridgehead atoms. The highest BCUT2D eigenvalue weighted by atomic mass is 79.9. The maximum Gasteiger partial charge on any atom is 0.293 e. The van der Waals surface area contributed by atoms with Gasteiger partial charge in [-0.05, 0) is 53.7 Å². The smallest absolute Gasteiger partial charge is 0.293 e. The van der Waals surface area contributed by atoms with E-state index in [4.69, 9.17) is 4.74 Å². The van der Waals surface area contributed by atoms with Gasteiger partial charge in [0, 0.05) is 17.6 Å². The molecule has 9 heteroatoms. The van der Waals surface area contributed by atoms with Crippen molar-refractivity contribution in [2.24, 2.45) is 0 Å². The fourth-order valence-electron chi connectivity index (χ4n) is 2.47. The molecule has 150 valence electrons. The fourth-order valence-corrected chi connectivity index (χ4v) is 3.71. The van der Waals surface area contributed by atoms with Crippen molar-refractivity contribution < 1.29 is 23.5 Å². The van der Waals surface area contributed by atoms with Crippen molar-refractivity contribution in [3.8, 4) is 5.75 Å². The molecule has 1 aliphatic heterocycles. The fraction of sp³-hybridized carbons (Fsp3) is 0.150. The summed E-state index contributed by atoms with van der Waals surface area (Å²) >= 11 is 4.13. The van der Waals surface area contributed by atoms with E-state index in [-0.39, 0.29) is 36.3 Å². The molecule has 6 nitrogen and oxygen atoms in total. The van der Waals surface area contributed by atoms with Crippen molar-refractivity contribution in [1.82, 2.24) is 10.2 Å². The Hall–Kier alpha value is -2.65. The van der Waals surface area contributed by atoms with E-state index in [0.29, 0.717) is 11.3 Å². The first-order valence-corrected chi connectivity index (χ1v) is 10.2. The Balaban J connectivity index is 1.47. The van der Waals surface area contributed by atoms with Crippen molar-refractivity contribution in [3.05, 3.63) is 69.3 Å². The molecule has 3 amide bonds. The average Bonchev–Trinajstić information content (AvgIpc) is 2.95. The van der Waals surface area contributed by atoms with Crippen LogP contribution < -0.4 is 10.1 Å². The lowest BCUT2D eigenvalue weighted by atomic mass is 10.2. The van der Waals surface area contributed by atoms with Gasteiger partial charge in [-0.25, -0.2) is 4.39 Å². The number of nitrogens with zero attached hydrogens (tertiary/aromatic N) is 1. The number of halogens is 2. The highest BCUT2D eigenvalue weighted by Crippen LogP contribution is 2.31. The number of imide groups is 1. The summed E-state index contributed by atoms with van der Waals surface area (Å²) in [5.74, 6) is -0.635. The average molecular weight is 479 g/mol. The Bertz CT molecular complexity index is 965. The molecule has 0 atom stereocenters. The molecule has 29 heavy (non-hydrogen) atoms. The molecule has 0 spiro atoms. The Morgan fingerprint density at radius 2 is 1.97 bits per heavy atom. The van der Waals surface area contributed by atoms with Crippen LogP contribution in [0.25, 0.3) is 6.08 Å². The maximum atomic E-state index is 13.0. The van der Waals surface area contributed by atoms with Gasteiger partial charge in [0.1, 0.15) is 11.6 Å². The third kappa shape index (κ3) is 5.91. The second-order valence-corrected chi connectivity index (χ2v) is 7.89. The number of amides is 3. The predicted octanol–water partition coefficient (Wildman–Crippen LogP) is 3.82. The molecule has 0 aliphatic carbocycles. The van der Waals surface area contributed by atoms with Gasteiger partial charge >= 0.3 is 0 Å². The zero-order chi connectivity index (χ0) is 20.8. The number of carbonyl (C=O) groups excluding carboxylic acids is 3. The van der Waals surface area contributed by atoms with Crippen molar-refractivity contribution >= 4 is 50.8 Å². The largest absolute Gasteiger partial charge is 0.484 e. The second-order valence-electron chi connectivity index (χ2n) is 5.98. The number of hydrogen-bond acceptors (Lipinski definition) is 5. The number of benzene rings is 2. The molecule has 0 aromatic heterocycles. The number of rotatable bonds is 7. The summed E-state index contributed by atoms with van der Waals surface area (Å²) < 4.78 is 19.2. The maximum absolute atomic E-state index is 13.0. The molecule has 1 N–H and O–H groups in total. The standard InChI is InChI=1S/C20H16BrFN2O4S/c21-14-2-1-3-16(11-14)28-12-18(25)23-8-9-24-19(26)17(29-20(24)27)10-13-4-6-15(22)7-5-13/h1-7,10-11H,8-9,12H2,(H,23,25)/b17-10-. The Labute approximate surface area is 179 Å². The van der Waals surface area contributed by atoms with Gasteiger partial charge in [0.25, 0.3) is 17.1 Å². The molecular weight excluding hydrogens is 463 g/mol. The van der Waals surface area contributed by atoms with E-state index in [1.165, 1.54) is 30.3 Å². The first-order chi connectivity index (χ1) is 13.9. The van der Waals surface area contributed by atoms with Gasteiger partial charge in [-0.1, -0.05) is 34.1 Å². The summed E-state index contributed by atoms with van der Waals surface area (Å²) in [5.41, 5.74) is 0.620. The van der Waals surface area contributed by atoms with Crippen LogP contribution >= 0.6 is 27.7 Å². The zero-order valence-electron chi connectivity index (χ0n) is 15.1. The molecule has 1 fully saturated rings. The minimum Gasteiger partial charge on any atom is -0.484 e. The molecule has 0 saturated carbocycles. The van der Waals surface area contributed by atoms with Crippen LogP contribution in [0.15, 0.2) is 57.9 Å². The van der Waals surface area contributed by atoms with Crippen LogP contribution in [-0.4, -0.2) is 41.6 Å². The Morgan fingerprint density at radius 3 is 2.69 bits per heavy atom. The lowest BCUT2D eigenvalue weighted by Gasteiger charge is -2.13. The summed E-state index contributed by atoms with van der Waals surface area (Å²) in [6.07, 6.45) is 1.54. The minimum atomic E-state index is -0.441. The van der Waals surface area contributed by atoms with Gasteiger partial charge < -0.3 is 10.1 Å². The molecule has 0 unspecified atom stereocenters. The van der Waals surface area contributed by atoms with E-state index in [0.717, 1.165) is 21.1 Å². The predicted molar refractivity (Wildman–Crippen MR) is 112 cm³/mol. The van der Waals surface area contributed by atoms with E-state index in [1.54, 1.807) is 18.2 Å². The Morgan fingerprint density at radius 1 is 1.21 bits per heavy atom. The number of ether oxygens (including phenoxy) is 1. The molecule has 1 aliphatic rings. The SMILES string of the molecule is O=C(COc1cccc(Br)c1)NCCN1C(=O)S/C(=C\c2ccc(F)cc2)C1=O. The number of thioether (sulfide) groups is 1. The third-order valence-electron chi connectivity index (χ3n) is 3.86. The summed E-state index contributed by atoms with van der Waals surface area (Å²) in [6, 6.07) is 12.7. The summed E-state index contributed by atoms with van der Waals surface area (Å²) in [5, 5.41) is 2.20. The van der Waals surface area contributed by atoms with Crippen LogP contribution in [-0.2, 0) is 9.59 Å². The van der Waals surface area contributed by atoms with Crippen LogP contribution in [0.1, 0.15) is 5.56 Å². The van der Waals surface area contributed by atoms with E-state index in [1.807, 2.05) is 6.07 Å². The van der Waals surface area contributed by atoms with Crippen LogP contribution in [0.2, 0.25) is 0 Å². The van der Waals surface area contributed by atoms with Crippen molar-refractivity contribution in [2.75, 3.05) is 19.7 Å². The quantitative estimate of drug-likeness (QED) is 0.612. The van der Waals surface area contributed by atoms with Crippen LogP contribution in [0.4, 0.5) is 9.18 Å². The topological polar surface area (TPSA) is 75.7 Å². The first kappa shape index (κ1) is 21.1. The van der Waals surface area contributed by atoms with Crippen LogP contribution in [0, 0.1) is 5.82 Å². The van der Waals surface area contributed by atoms with Crippen LogP contribution in [0.3, 0.4) is 0 Å². The number of carbonyl (C=O) groups is 3. The van der Waals surface area contributed by atoms with E-state index in [9.17, 15) is 18.8 Å². The van der Waals surface area contributed by atoms with Crippen molar-refractivity contribution in [3.63, 3.8) is 0 Å². The molecule has 0 radical (unpaired) electrons. The zero-order valence-corrected chi connectivity index (χ0v) is 17.5. The monoisotopic (exact) mass is 478 g/mol. The molecule has 2 aromatic carbocycles. The van der Waals surface area contributed by atoms with Gasteiger partial charge in [0.2, 0.25) is 0 Å². The molecule has 2 aromatic rings.